The van der Waals surface area contributed by atoms with Crippen molar-refractivity contribution in [3.8, 4) is 16.9 Å². The lowest BCUT2D eigenvalue weighted by Gasteiger charge is -2.12. The topological polar surface area (TPSA) is 21.3 Å². The molecule has 0 fully saturated rings. The number of hydrogen-bond donors (Lipinski definition) is 1. The lowest BCUT2D eigenvalue weighted by Crippen LogP contribution is -2.17. The second-order valence-corrected chi connectivity index (χ2v) is 5.42. The minimum absolute atomic E-state index is 0.754. The Morgan fingerprint density at radius 2 is 1.86 bits per heavy atom. The van der Waals surface area contributed by atoms with Crippen LogP contribution in [-0.4, -0.2) is 20.2 Å². The van der Waals surface area contributed by atoms with Crippen LogP contribution in [0.4, 0.5) is 0 Å². The maximum Gasteiger partial charge on any atom is 0.126 e. The third kappa shape index (κ3) is 4.23. The summed E-state index contributed by atoms with van der Waals surface area (Å²) in [6, 6.07) is 14.2. The molecule has 0 radical (unpaired) electrons. The summed E-state index contributed by atoms with van der Waals surface area (Å²) in [5, 5.41) is 4.18. The van der Waals surface area contributed by atoms with Crippen LogP contribution < -0.4 is 10.1 Å². The highest BCUT2D eigenvalue weighted by Gasteiger charge is 2.09. The van der Waals surface area contributed by atoms with Crippen molar-refractivity contribution in [1.82, 2.24) is 5.32 Å². The first kappa shape index (κ1) is 15.9. The van der Waals surface area contributed by atoms with Gasteiger partial charge in [-0.15, -0.1) is 0 Å². The van der Waals surface area contributed by atoms with E-state index in [1.165, 1.54) is 5.56 Å². The molecular formula is C18H22ClNO. The van der Waals surface area contributed by atoms with Crippen LogP contribution in [0.25, 0.3) is 11.1 Å². The van der Waals surface area contributed by atoms with Gasteiger partial charge in [-0.25, -0.2) is 0 Å². The number of ether oxygens (including phenoxy) is 1. The van der Waals surface area contributed by atoms with Gasteiger partial charge in [-0.1, -0.05) is 42.8 Å². The largest absolute Gasteiger partial charge is 0.496 e. The Morgan fingerprint density at radius 1 is 1.05 bits per heavy atom. The van der Waals surface area contributed by atoms with Gasteiger partial charge < -0.3 is 10.1 Å². The molecule has 21 heavy (non-hydrogen) atoms. The maximum atomic E-state index is 6.37. The molecule has 0 aromatic heterocycles. The Hall–Kier alpha value is -1.51. The molecule has 0 spiro atoms. The maximum absolute atomic E-state index is 6.37. The average molecular weight is 304 g/mol. The average Bonchev–Trinajstić information content (AvgIpc) is 2.53. The Balaban J connectivity index is 2.23. The van der Waals surface area contributed by atoms with E-state index in [9.17, 15) is 0 Å². The molecule has 0 unspecified atom stereocenters. The van der Waals surface area contributed by atoms with Crippen LogP contribution >= 0.6 is 11.6 Å². The molecule has 0 aliphatic heterocycles. The van der Waals surface area contributed by atoms with Gasteiger partial charge in [0.1, 0.15) is 5.75 Å². The van der Waals surface area contributed by atoms with Gasteiger partial charge in [-0.3, -0.25) is 0 Å². The van der Waals surface area contributed by atoms with Gasteiger partial charge in [-0.2, -0.15) is 0 Å². The number of halogens is 1. The smallest absolute Gasteiger partial charge is 0.126 e. The summed E-state index contributed by atoms with van der Waals surface area (Å²) in [5.74, 6) is 0.848. The van der Waals surface area contributed by atoms with E-state index in [4.69, 9.17) is 16.3 Å². The van der Waals surface area contributed by atoms with Crippen LogP contribution in [0.2, 0.25) is 5.02 Å². The summed E-state index contributed by atoms with van der Waals surface area (Å²) >= 11 is 6.37. The van der Waals surface area contributed by atoms with Crippen LogP contribution in [-0.2, 0) is 6.42 Å². The molecule has 0 aliphatic carbocycles. The highest BCUT2D eigenvalue weighted by molar-refractivity contribution is 6.33. The number of para-hydroxylation sites is 1. The molecule has 2 nitrogen and oxygen atoms in total. The predicted molar refractivity (Wildman–Crippen MR) is 90.3 cm³/mol. The summed E-state index contributed by atoms with van der Waals surface area (Å²) in [5.41, 5.74) is 3.35. The van der Waals surface area contributed by atoms with Crippen LogP contribution in [0, 0.1) is 0 Å². The fourth-order valence-corrected chi connectivity index (χ4v) is 2.56. The van der Waals surface area contributed by atoms with Crippen molar-refractivity contribution in [3.05, 3.63) is 53.1 Å². The Bertz CT molecular complexity index is 583. The molecule has 0 saturated carbocycles. The highest BCUT2D eigenvalue weighted by atomic mass is 35.5. The molecule has 1 N–H and O–H groups in total. The highest BCUT2D eigenvalue weighted by Crippen LogP contribution is 2.35. The first-order valence-corrected chi connectivity index (χ1v) is 7.76. The van der Waals surface area contributed by atoms with E-state index < -0.39 is 0 Å². The second-order valence-electron chi connectivity index (χ2n) is 5.01. The molecule has 0 aliphatic rings. The van der Waals surface area contributed by atoms with Crippen LogP contribution in [0.1, 0.15) is 18.9 Å². The van der Waals surface area contributed by atoms with Gasteiger partial charge >= 0.3 is 0 Å². The second kappa shape index (κ2) is 8.06. The van der Waals surface area contributed by atoms with Crippen LogP contribution in [0.3, 0.4) is 0 Å². The van der Waals surface area contributed by atoms with Crippen molar-refractivity contribution < 1.29 is 4.74 Å². The zero-order valence-electron chi connectivity index (χ0n) is 12.7. The van der Waals surface area contributed by atoms with Crippen molar-refractivity contribution in [2.45, 2.75) is 19.8 Å². The first-order valence-electron chi connectivity index (χ1n) is 7.38. The molecular weight excluding hydrogens is 282 g/mol. The number of methoxy groups -OCH3 is 1. The van der Waals surface area contributed by atoms with Crippen molar-refractivity contribution in [2.24, 2.45) is 0 Å². The molecule has 2 rings (SSSR count). The quantitative estimate of drug-likeness (QED) is 0.757. The van der Waals surface area contributed by atoms with Crippen molar-refractivity contribution in [2.75, 3.05) is 20.2 Å². The van der Waals surface area contributed by atoms with Crippen molar-refractivity contribution in [3.63, 3.8) is 0 Å². The van der Waals surface area contributed by atoms with E-state index in [1.54, 1.807) is 7.11 Å². The zero-order chi connectivity index (χ0) is 15.1. The van der Waals surface area contributed by atoms with Gasteiger partial charge in [0.05, 0.1) is 7.11 Å². The SMILES string of the molecule is CCCNCCc1ccc(Cl)c(-c2ccccc2OC)c1. The molecule has 0 atom stereocenters. The number of hydrogen-bond acceptors (Lipinski definition) is 2. The van der Waals surface area contributed by atoms with E-state index >= 15 is 0 Å². The van der Waals surface area contributed by atoms with Gasteiger partial charge in [0.2, 0.25) is 0 Å². The predicted octanol–water partition coefficient (Wildman–Crippen LogP) is 4.56. The van der Waals surface area contributed by atoms with Gasteiger partial charge in [-0.05, 0) is 49.7 Å². The van der Waals surface area contributed by atoms with Gasteiger partial charge in [0.25, 0.3) is 0 Å². The van der Waals surface area contributed by atoms with E-state index in [1.807, 2.05) is 30.3 Å². The number of nitrogens with one attached hydrogen (secondary N) is 1. The molecule has 2 aromatic rings. The third-order valence-electron chi connectivity index (χ3n) is 3.45. The minimum Gasteiger partial charge on any atom is -0.496 e. The fraction of sp³-hybridized carbons (Fsp3) is 0.333. The van der Waals surface area contributed by atoms with E-state index in [0.717, 1.165) is 47.8 Å². The summed E-state index contributed by atoms with van der Waals surface area (Å²) in [6.45, 7) is 4.23. The van der Waals surface area contributed by atoms with E-state index in [-0.39, 0.29) is 0 Å². The first-order chi connectivity index (χ1) is 10.3. The number of rotatable bonds is 7. The molecule has 0 amide bonds. The molecule has 112 valence electrons. The summed E-state index contributed by atoms with van der Waals surface area (Å²) in [7, 11) is 1.69. The fourth-order valence-electron chi connectivity index (χ4n) is 2.34. The van der Waals surface area contributed by atoms with Gasteiger partial charge in [0, 0.05) is 16.1 Å². The van der Waals surface area contributed by atoms with E-state index in [2.05, 4.69) is 24.4 Å². The van der Waals surface area contributed by atoms with Crippen molar-refractivity contribution in [1.29, 1.82) is 0 Å². The van der Waals surface area contributed by atoms with Crippen molar-refractivity contribution >= 4 is 11.6 Å². The Kier molecular flexibility index (Phi) is 6.09. The lowest BCUT2D eigenvalue weighted by atomic mass is 10.0. The summed E-state index contributed by atoms with van der Waals surface area (Å²) in [4.78, 5) is 0. The van der Waals surface area contributed by atoms with Crippen LogP contribution in [0.15, 0.2) is 42.5 Å². The summed E-state index contributed by atoms with van der Waals surface area (Å²) in [6.07, 6.45) is 2.16. The Labute approximate surface area is 132 Å². The summed E-state index contributed by atoms with van der Waals surface area (Å²) < 4.78 is 5.44. The number of benzene rings is 2. The monoisotopic (exact) mass is 303 g/mol. The lowest BCUT2D eigenvalue weighted by molar-refractivity contribution is 0.416. The third-order valence-corrected chi connectivity index (χ3v) is 3.77. The minimum atomic E-state index is 0.754. The zero-order valence-corrected chi connectivity index (χ0v) is 13.4. The van der Waals surface area contributed by atoms with Crippen LogP contribution in [0.5, 0.6) is 5.75 Å². The Morgan fingerprint density at radius 3 is 2.62 bits per heavy atom. The van der Waals surface area contributed by atoms with Gasteiger partial charge in [0.15, 0.2) is 0 Å². The molecule has 0 saturated heterocycles. The molecule has 2 aromatic carbocycles. The molecule has 0 bridgehead atoms. The normalized spacial score (nSPS) is 10.6. The standard InChI is InChI=1S/C18H22ClNO/c1-3-11-20-12-10-14-8-9-17(19)16(13-14)15-6-4-5-7-18(15)21-2/h4-9,13,20H,3,10-12H2,1-2H3. The molecule has 3 heteroatoms. The molecule has 0 heterocycles. The van der Waals surface area contributed by atoms with E-state index in [0.29, 0.717) is 0 Å².